The van der Waals surface area contributed by atoms with E-state index in [0.717, 1.165) is 5.56 Å². The maximum atomic E-state index is 13.4. The molecule has 0 aliphatic heterocycles. The second-order valence-corrected chi connectivity index (χ2v) is 6.77. The third-order valence-corrected chi connectivity index (χ3v) is 5.24. The van der Waals surface area contributed by atoms with Crippen LogP contribution in [0.15, 0.2) is 22.7 Å². The summed E-state index contributed by atoms with van der Waals surface area (Å²) >= 11 is 3.27. The van der Waals surface area contributed by atoms with Crippen molar-refractivity contribution in [2.24, 2.45) is 11.7 Å². The van der Waals surface area contributed by atoms with Crippen LogP contribution in [0.2, 0.25) is 0 Å². The van der Waals surface area contributed by atoms with Crippen molar-refractivity contribution < 1.29 is 4.39 Å². The number of nitrogens with two attached hydrogens (primary N) is 1. The van der Waals surface area contributed by atoms with E-state index >= 15 is 0 Å². The molecule has 2 N–H and O–H groups in total. The highest BCUT2D eigenvalue weighted by Crippen LogP contribution is 2.33. The van der Waals surface area contributed by atoms with Crippen LogP contribution in [0.25, 0.3) is 0 Å². The van der Waals surface area contributed by atoms with E-state index in [1.54, 1.807) is 0 Å². The van der Waals surface area contributed by atoms with Gasteiger partial charge < -0.3 is 5.73 Å². The van der Waals surface area contributed by atoms with Crippen LogP contribution >= 0.6 is 15.9 Å². The SMILES string of the molecule is CC1CCCCC1N(C)C(CN)c1ccc(F)c(Br)c1. The smallest absolute Gasteiger partial charge is 0.137 e. The van der Waals surface area contributed by atoms with Crippen molar-refractivity contribution in [2.75, 3.05) is 13.6 Å². The van der Waals surface area contributed by atoms with E-state index in [-0.39, 0.29) is 11.9 Å². The Labute approximate surface area is 129 Å². The molecule has 0 saturated heterocycles. The Hall–Kier alpha value is -0.450. The molecule has 1 aliphatic rings. The minimum atomic E-state index is -0.224. The number of hydrogen-bond acceptors (Lipinski definition) is 2. The Kier molecular flexibility index (Phi) is 5.58. The summed E-state index contributed by atoms with van der Waals surface area (Å²) in [5.41, 5.74) is 7.08. The highest BCUT2D eigenvalue weighted by molar-refractivity contribution is 9.10. The first kappa shape index (κ1) is 15.9. The van der Waals surface area contributed by atoms with Gasteiger partial charge in [0.1, 0.15) is 5.82 Å². The van der Waals surface area contributed by atoms with Crippen LogP contribution in [0.3, 0.4) is 0 Å². The Balaban J connectivity index is 2.19. The quantitative estimate of drug-likeness (QED) is 0.892. The van der Waals surface area contributed by atoms with Gasteiger partial charge in [-0.3, -0.25) is 4.90 Å². The van der Waals surface area contributed by atoms with Crippen molar-refractivity contribution >= 4 is 15.9 Å². The molecule has 1 aromatic rings. The maximum absolute atomic E-state index is 13.4. The molecule has 112 valence electrons. The van der Waals surface area contributed by atoms with Crippen molar-refractivity contribution in [1.29, 1.82) is 0 Å². The van der Waals surface area contributed by atoms with Crippen molar-refractivity contribution in [2.45, 2.75) is 44.7 Å². The molecule has 0 amide bonds. The minimum absolute atomic E-state index is 0.150. The number of rotatable bonds is 4. The molecule has 2 rings (SSSR count). The van der Waals surface area contributed by atoms with Crippen LogP contribution in [-0.4, -0.2) is 24.5 Å². The number of hydrogen-bond donors (Lipinski definition) is 1. The molecule has 0 heterocycles. The van der Waals surface area contributed by atoms with Crippen LogP contribution < -0.4 is 5.73 Å². The number of halogens is 2. The molecule has 20 heavy (non-hydrogen) atoms. The van der Waals surface area contributed by atoms with Gasteiger partial charge in [-0.25, -0.2) is 4.39 Å². The standard InChI is InChI=1S/C16H24BrFN2/c1-11-5-3-4-6-15(11)20(2)16(10-19)12-7-8-14(18)13(17)9-12/h7-9,11,15-16H,3-6,10,19H2,1-2H3. The number of benzene rings is 1. The minimum Gasteiger partial charge on any atom is -0.329 e. The summed E-state index contributed by atoms with van der Waals surface area (Å²) in [6.45, 7) is 2.88. The number of nitrogens with zero attached hydrogens (tertiary/aromatic N) is 1. The van der Waals surface area contributed by atoms with Crippen molar-refractivity contribution in [3.05, 3.63) is 34.1 Å². The molecule has 1 fully saturated rings. The summed E-state index contributed by atoms with van der Waals surface area (Å²) in [6.07, 6.45) is 5.15. The molecule has 0 aromatic heterocycles. The third kappa shape index (κ3) is 3.41. The van der Waals surface area contributed by atoms with E-state index in [0.29, 0.717) is 23.0 Å². The van der Waals surface area contributed by atoms with Crippen LogP contribution in [0, 0.1) is 11.7 Å². The molecule has 2 nitrogen and oxygen atoms in total. The first-order valence-electron chi connectivity index (χ1n) is 7.41. The third-order valence-electron chi connectivity index (χ3n) is 4.63. The van der Waals surface area contributed by atoms with E-state index in [4.69, 9.17) is 5.73 Å². The second-order valence-electron chi connectivity index (χ2n) is 5.92. The van der Waals surface area contributed by atoms with Crippen LogP contribution in [0.5, 0.6) is 0 Å². The average molecular weight is 343 g/mol. The summed E-state index contributed by atoms with van der Waals surface area (Å²) < 4.78 is 13.9. The van der Waals surface area contributed by atoms with Crippen molar-refractivity contribution in [1.82, 2.24) is 4.90 Å². The molecule has 1 saturated carbocycles. The van der Waals surface area contributed by atoms with Gasteiger partial charge in [0, 0.05) is 18.6 Å². The van der Waals surface area contributed by atoms with Gasteiger partial charge in [0.15, 0.2) is 0 Å². The Bertz CT molecular complexity index is 452. The highest BCUT2D eigenvalue weighted by atomic mass is 79.9. The van der Waals surface area contributed by atoms with Gasteiger partial charge in [0.2, 0.25) is 0 Å². The normalized spacial score (nSPS) is 24.9. The fourth-order valence-corrected chi connectivity index (χ4v) is 3.79. The topological polar surface area (TPSA) is 29.3 Å². The summed E-state index contributed by atoms with van der Waals surface area (Å²) in [7, 11) is 2.15. The van der Waals surface area contributed by atoms with E-state index in [2.05, 4.69) is 34.8 Å². The Morgan fingerprint density at radius 2 is 2.10 bits per heavy atom. The van der Waals surface area contributed by atoms with E-state index in [1.165, 1.54) is 31.7 Å². The fourth-order valence-electron chi connectivity index (χ4n) is 3.39. The fraction of sp³-hybridized carbons (Fsp3) is 0.625. The molecule has 0 bridgehead atoms. The van der Waals surface area contributed by atoms with Crippen LogP contribution in [0.1, 0.15) is 44.2 Å². The van der Waals surface area contributed by atoms with Gasteiger partial charge in [-0.05, 0) is 59.4 Å². The van der Waals surface area contributed by atoms with Gasteiger partial charge in [0.25, 0.3) is 0 Å². The predicted molar refractivity (Wildman–Crippen MR) is 85.1 cm³/mol. The summed E-state index contributed by atoms with van der Waals surface area (Å²) in [5.74, 6) is 0.477. The molecular formula is C16H24BrFN2. The molecule has 4 heteroatoms. The molecule has 0 spiro atoms. The van der Waals surface area contributed by atoms with Crippen LogP contribution in [0.4, 0.5) is 4.39 Å². The first-order chi connectivity index (χ1) is 9.54. The zero-order chi connectivity index (χ0) is 14.7. The first-order valence-corrected chi connectivity index (χ1v) is 8.20. The zero-order valence-electron chi connectivity index (χ0n) is 12.3. The lowest BCUT2D eigenvalue weighted by Gasteiger charge is -2.40. The Morgan fingerprint density at radius 1 is 1.40 bits per heavy atom. The van der Waals surface area contributed by atoms with Gasteiger partial charge in [-0.15, -0.1) is 0 Å². The van der Waals surface area contributed by atoms with E-state index < -0.39 is 0 Å². The largest absolute Gasteiger partial charge is 0.329 e. The molecule has 3 unspecified atom stereocenters. The zero-order valence-corrected chi connectivity index (χ0v) is 13.9. The summed E-state index contributed by atoms with van der Waals surface area (Å²) in [5, 5.41) is 0. The lowest BCUT2D eigenvalue weighted by Crippen LogP contribution is -2.43. The highest BCUT2D eigenvalue weighted by Gasteiger charge is 2.29. The van der Waals surface area contributed by atoms with Crippen LogP contribution in [-0.2, 0) is 0 Å². The monoisotopic (exact) mass is 342 g/mol. The Morgan fingerprint density at radius 3 is 2.70 bits per heavy atom. The molecule has 1 aliphatic carbocycles. The van der Waals surface area contributed by atoms with Crippen molar-refractivity contribution in [3.63, 3.8) is 0 Å². The lowest BCUT2D eigenvalue weighted by molar-refractivity contribution is 0.0991. The summed E-state index contributed by atoms with van der Waals surface area (Å²) in [4.78, 5) is 2.39. The molecule has 1 aromatic carbocycles. The average Bonchev–Trinajstić information content (AvgIpc) is 2.44. The lowest BCUT2D eigenvalue weighted by atomic mass is 9.84. The van der Waals surface area contributed by atoms with Gasteiger partial charge in [0.05, 0.1) is 4.47 Å². The molecule has 3 atom stereocenters. The van der Waals surface area contributed by atoms with Gasteiger partial charge in [-0.2, -0.15) is 0 Å². The molecular weight excluding hydrogens is 319 g/mol. The van der Waals surface area contributed by atoms with Crippen molar-refractivity contribution in [3.8, 4) is 0 Å². The number of likely N-dealkylation sites (N-methyl/N-ethyl adjacent to an activating group) is 1. The molecule has 0 radical (unpaired) electrons. The van der Waals surface area contributed by atoms with E-state index in [9.17, 15) is 4.39 Å². The predicted octanol–water partition coefficient (Wildman–Crippen LogP) is 4.10. The van der Waals surface area contributed by atoms with E-state index in [1.807, 2.05) is 12.1 Å². The summed E-state index contributed by atoms with van der Waals surface area (Å²) in [6, 6.07) is 5.94. The van der Waals surface area contributed by atoms with Gasteiger partial charge in [-0.1, -0.05) is 25.8 Å². The maximum Gasteiger partial charge on any atom is 0.137 e. The second kappa shape index (κ2) is 7.01. The van der Waals surface area contributed by atoms with Gasteiger partial charge >= 0.3 is 0 Å².